The van der Waals surface area contributed by atoms with Crippen LogP contribution in [0.4, 0.5) is 0 Å². The van der Waals surface area contributed by atoms with Gasteiger partial charge < -0.3 is 9.84 Å². The van der Waals surface area contributed by atoms with Crippen LogP contribution in [-0.2, 0) is 9.53 Å². The van der Waals surface area contributed by atoms with Crippen molar-refractivity contribution in [3.8, 4) is 0 Å². The van der Waals surface area contributed by atoms with Crippen LogP contribution < -0.4 is 0 Å². The summed E-state index contributed by atoms with van der Waals surface area (Å²) in [6.07, 6.45) is 19.6. The van der Waals surface area contributed by atoms with Crippen molar-refractivity contribution in [1.29, 1.82) is 0 Å². The molecule has 0 saturated heterocycles. The molecule has 206 valence electrons. The topological polar surface area (TPSA) is 46.5 Å². The van der Waals surface area contributed by atoms with Crippen LogP contribution >= 0.6 is 0 Å². The second kappa shape index (κ2) is 9.39. The van der Waals surface area contributed by atoms with E-state index in [4.69, 9.17) is 4.74 Å². The molecule has 5 aliphatic carbocycles. The average molecular weight is 509 g/mol. The van der Waals surface area contributed by atoms with Crippen molar-refractivity contribution in [3.63, 3.8) is 0 Å². The summed E-state index contributed by atoms with van der Waals surface area (Å²) in [4.78, 5) is 12.4. The van der Waals surface area contributed by atoms with Crippen molar-refractivity contribution in [2.45, 2.75) is 119 Å². The first kappa shape index (κ1) is 27.2. The highest BCUT2D eigenvalue weighted by Crippen LogP contribution is 2.74. The van der Waals surface area contributed by atoms with Gasteiger partial charge in [0.25, 0.3) is 0 Å². The number of aliphatic hydroxyl groups is 1. The Kier molecular flexibility index (Phi) is 6.91. The van der Waals surface area contributed by atoms with Gasteiger partial charge in [-0.25, -0.2) is 0 Å². The third-order valence-electron chi connectivity index (χ3n) is 12.4. The molecule has 3 heteroatoms. The van der Waals surface area contributed by atoms with Crippen molar-refractivity contribution >= 4 is 5.97 Å². The van der Waals surface area contributed by atoms with Gasteiger partial charge in [0.05, 0.1) is 6.10 Å². The molecule has 0 radical (unpaired) electrons. The van der Waals surface area contributed by atoms with E-state index in [1.165, 1.54) is 25.7 Å². The Bertz CT molecular complexity index is 1000. The largest absolute Gasteiger partial charge is 0.431 e. The van der Waals surface area contributed by atoms with Gasteiger partial charge in [-0.1, -0.05) is 65.3 Å². The maximum Gasteiger partial charge on any atom is 0.310 e. The summed E-state index contributed by atoms with van der Waals surface area (Å²) in [5, 5.41) is 11.0. The van der Waals surface area contributed by atoms with Gasteiger partial charge in [-0.2, -0.15) is 0 Å². The number of allylic oxidation sites excluding steroid dienone is 5. The molecule has 0 aromatic carbocycles. The van der Waals surface area contributed by atoms with Gasteiger partial charge in [-0.05, 0) is 116 Å². The van der Waals surface area contributed by atoms with Gasteiger partial charge >= 0.3 is 5.97 Å². The minimum absolute atomic E-state index is 0.0859. The summed E-state index contributed by atoms with van der Waals surface area (Å²) in [5.41, 5.74) is 2.55. The maximum atomic E-state index is 12.4. The van der Waals surface area contributed by atoms with Gasteiger partial charge in [0.2, 0.25) is 0 Å². The van der Waals surface area contributed by atoms with E-state index >= 15 is 0 Å². The summed E-state index contributed by atoms with van der Waals surface area (Å²) >= 11 is 0. The first-order valence-corrected chi connectivity index (χ1v) is 15.3. The van der Waals surface area contributed by atoms with Gasteiger partial charge in [0.1, 0.15) is 5.76 Å². The molecule has 0 amide bonds. The molecule has 3 nitrogen and oxygen atoms in total. The van der Waals surface area contributed by atoms with Crippen molar-refractivity contribution < 1.29 is 14.6 Å². The Morgan fingerprint density at radius 1 is 1.11 bits per heavy atom. The van der Waals surface area contributed by atoms with Gasteiger partial charge in [-0.15, -0.1) is 0 Å². The van der Waals surface area contributed by atoms with Crippen LogP contribution in [0.3, 0.4) is 0 Å². The summed E-state index contributed by atoms with van der Waals surface area (Å²) in [7, 11) is 0. The van der Waals surface area contributed by atoms with E-state index in [2.05, 4.69) is 65.8 Å². The number of esters is 1. The zero-order valence-corrected chi connectivity index (χ0v) is 24.6. The van der Waals surface area contributed by atoms with E-state index in [0.717, 1.165) is 37.9 Å². The van der Waals surface area contributed by atoms with Gasteiger partial charge in [-0.3, -0.25) is 4.79 Å². The normalized spacial score (nSPS) is 46.6. The van der Waals surface area contributed by atoms with Crippen LogP contribution in [0.25, 0.3) is 0 Å². The summed E-state index contributed by atoms with van der Waals surface area (Å²) < 4.78 is 5.94. The molecule has 3 fully saturated rings. The number of hydrogen-bond acceptors (Lipinski definition) is 3. The van der Waals surface area contributed by atoms with E-state index in [0.29, 0.717) is 30.1 Å². The van der Waals surface area contributed by atoms with E-state index < -0.39 is 0 Å². The number of aliphatic hydroxyl groups excluding tert-OH is 1. The molecule has 0 spiro atoms. The fourth-order valence-corrected chi connectivity index (χ4v) is 10.8. The number of rotatable bonds is 4. The minimum Gasteiger partial charge on any atom is -0.431 e. The molecule has 9 unspecified atom stereocenters. The second-order valence-corrected chi connectivity index (χ2v) is 14.8. The van der Waals surface area contributed by atoms with Crippen molar-refractivity contribution in [2.75, 3.05) is 0 Å². The lowest BCUT2D eigenvalue weighted by Crippen LogP contribution is -2.63. The molecule has 0 aromatic rings. The fourth-order valence-electron chi connectivity index (χ4n) is 10.8. The smallest absolute Gasteiger partial charge is 0.310 e. The van der Waals surface area contributed by atoms with Crippen LogP contribution in [0.5, 0.6) is 0 Å². The summed E-state index contributed by atoms with van der Waals surface area (Å²) in [6.45, 7) is 16.7. The van der Waals surface area contributed by atoms with E-state index in [1.54, 1.807) is 5.57 Å². The number of ether oxygens (including phenoxy) is 1. The highest BCUT2D eigenvalue weighted by atomic mass is 16.5. The Morgan fingerprint density at radius 3 is 2.57 bits per heavy atom. The van der Waals surface area contributed by atoms with Gasteiger partial charge in [0.15, 0.2) is 0 Å². The molecular weight excluding hydrogens is 456 g/mol. The quantitative estimate of drug-likeness (QED) is 0.306. The molecule has 0 heterocycles. The predicted octanol–water partition coefficient (Wildman–Crippen LogP) is 8.39. The summed E-state index contributed by atoms with van der Waals surface area (Å²) in [6, 6.07) is 0. The first-order chi connectivity index (χ1) is 17.4. The molecule has 0 bridgehead atoms. The standard InChI is InChI=1S/C34H52O3/c1-8-10-23-18-25-22(19-27(23)37-30(36)11-9-2)14-16-33(6)26(25)12-13-29-32(5)21-24(35)20-31(3,4)28(32)15-17-34(29,33)7/h8,10,12,19,22-25,28-29,35H,9,11,13-18,20-21H2,1-7H3. The van der Waals surface area contributed by atoms with Crippen LogP contribution in [0.2, 0.25) is 0 Å². The van der Waals surface area contributed by atoms with Crippen LogP contribution in [0, 0.1) is 51.2 Å². The van der Waals surface area contributed by atoms with Crippen LogP contribution in [-0.4, -0.2) is 17.2 Å². The highest BCUT2D eigenvalue weighted by molar-refractivity contribution is 5.70. The average Bonchev–Trinajstić information content (AvgIpc) is 2.79. The third-order valence-corrected chi connectivity index (χ3v) is 12.4. The molecule has 37 heavy (non-hydrogen) atoms. The number of carbonyl (C=O) groups excluding carboxylic acids is 1. The third kappa shape index (κ3) is 4.12. The zero-order chi connectivity index (χ0) is 26.8. The molecule has 1 N–H and O–H groups in total. The highest BCUT2D eigenvalue weighted by Gasteiger charge is 2.66. The maximum absolute atomic E-state index is 12.4. The number of carbonyl (C=O) groups is 1. The van der Waals surface area contributed by atoms with Crippen molar-refractivity contribution in [3.05, 3.63) is 35.6 Å². The lowest BCUT2D eigenvalue weighted by Gasteiger charge is -2.70. The monoisotopic (exact) mass is 508 g/mol. The Hall–Kier alpha value is -1.35. The van der Waals surface area contributed by atoms with Crippen LogP contribution in [0.15, 0.2) is 35.6 Å². The fraction of sp³-hybridized carbons (Fsp3) is 0.794. The molecular formula is C34H52O3. The molecule has 3 saturated carbocycles. The van der Waals surface area contributed by atoms with Crippen molar-refractivity contribution in [1.82, 2.24) is 0 Å². The molecule has 5 rings (SSSR count). The number of hydrogen-bond donors (Lipinski definition) is 1. The lowest BCUT2D eigenvalue weighted by atomic mass is 9.35. The molecule has 9 atom stereocenters. The van der Waals surface area contributed by atoms with Crippen LogP contribution in [0.1, 0.15) is 113 Å². The molecule has 0 aliphatic heterocycles. The summed E-state index contributed by atoms with van der Waals surface area (Å²) in [5.74, 6) is 3.30. The number of fused-ring (bicyclic) bond motifs is 7. The second-order valence-electron chi connectivity index (χ2n) is 14.8. The van der Waals surface area contributed by atoms with E-state index in [-0.39, 0.29) is 39.7 Å². The Balaban J connectivity index is 1.50. The molecule has 5 aliphatic rings. The molecule has 0 aromatic heterocycles. The lowest BCUT2D eigenvalue weighted by molar-refractivity contribution is -0.192. The van der Waals surface area contributed by atoms with Crippen molar-refractivity contribution in [2.24, 2.45) is 51.2 Å². The van der Waals surface area contributed by atoms with Gasteiger partial charge in [0, 0.05) is 12.3 Å². The zero-order valence-electron chi connectivity index (χ0n) is 24.6. The Morgan fingerprint density at radius 2 is 1.86 bits per heavy atom. The van der Waals surface area contributed by atoms with E-state index in [9.17, 15) is 9.90 Å². The van der Waals surface area contributed by atoms with E-state index in [1.807, 2.05) is 6.92 Å². The SMILES string of the molecule is CC=CC1CC2C3=CCC4C5(C)CC(O)CC(C)(C)C5CCC4(C)C3(C)CCC2C=C1OC(=O)CCC. The predicted molar refractivity (Wildman–Crippen MR) is 150 cm³/mol. The Labute approximate surface area is 226 Å². The first-order valence-electron chi connectivity index (χ1n) is 15.3. The minimum atomic E-state index is -0.175.